The average molecular weight is 534 g/mol. The third-order valence-electron chi connectivity index (χ3n) is 5.67. The summed E-state index contributed by atoms with van der Waals surface area (Å²) in [5.74, 6) is 0.715. The van der Waals surface area contributed by atoms with Crippen LogP contribution in [0.25, 0.3) is 0 Å². The van der Waals surface area contributed by atoms with Crippen LogP contribution in [0.4, 0.5) is 4.39 Å². The first kappa shape index (κ1) is 25.3. The number of guanidine groups is 1. The highest BCUT2D eigenvalue weighted by molar-refractivity contribution is 14.0. The van der Waals surface area contributed by atoms with E-state index in [4.69, 9.17) is 14.5 Å². The second-order valence-corrected chi connectivity index (χ2v) is 7.91. The number of aliphatic imine (C=N–C) groups is 1. The summed E-state index contributed by atoms with van der Waals surface area (Å²) in [6.07, 6.45) is 2.40. The zero-order chi connectivity index (χ0) is 20.6. The van der Waals surface area contributed by atoms with Crippen molar-refractivity contribution in [3.63, 3.8) is 0 Å². The lowest BCUT2D eigenvalue weighted by Crippen LogP contribution is -2.51. The summed E-state index contributed by atoms with van der Waals surface area (Å²) in [6, 6.07) is 7.09. The lowest BCUT2D eigenvalue weighted by Gasteiger charge is -2.39. The van der Waals surface area contributed by atoms with Gasteiger partial charge in [0.2, 0.25) is 0 Å². The zero-order valence-corrected chi connectivity index (χ0v) is 20.7. The van der Waals surface area contributed by atoms with Gasteiger partial charge in [-0.25, -0.2) is 4.39 Å². The fourth-order valence-corrected chi connectivity index (χ4v) is 4.21. The molecule has 6 nitrogen and oxygen atoms in total. The summed E-state index contributed by atoms with van der Waals surface area (Å²) in [5, 5.41) is 3.45. The molecule has 2 heterocycles. The van der Waals surface area contributed by atoms with Crippen LogP contribution in [0, 0.1) is 5.82 Å². The summed E-state index contributed by atoms with van der Waals surface area (Å²) in [5.41, 5.74) is 1.00. The molecular formula is C22H36FIN4O2. The van der Waals surface area contributed by atoms with E-state index >= 15 is 0 Å². The Morgan fingerprint density at radius 3 is 2.77 bits per heavy atom. The number of likely N-dealkylation sites (tertiary alicyclic amines) is 1. The monoisotopic (exact) mass is 534 g/mol. The van der Waals surface area contributed by atoms with Gasteiger partial charge in [0.1, 0.15) is 11.9 Å². The number of rotatable bonds is 7. The molecule has 0 saturated carbocycles. The molecule has 8 heteroatoms. The quantitative estimate of drug-likeness (QED) is 0.331. The van der Waals surface area contributed by atoms with Crippen molar-refractivity contribution in [1.82, 2.24) is 15.1 Å². The number of benzene rings is 1. The first-order chi connectivity index (χ1) is 14.1. The van der Waals surface area contributed by atoms with Gasteiger partial charge in [-0.15, -0.1) is 24.0 Å². The summed E-state index contributed by atoms with van der Waals surface area (Å²) in [6.45, 7) is 10.1. The van der Waals surface area contributed by atoms with Crippen LogP contribution >= 0.6 is 24.0 Å². The molecule has 1 N–H and O–H groups in total. The van der Waals surface area contributed by atoms with Crippen LogP contribution in [0.5, 0.6) is 0 Å². The van der Waals surface area contributed by atoms with Crippen LogP contribution in [0.3, 0.4) is 0 Å². The standard InChI is InChI=1S/C22H35FN4O2.HI/c1-4-24-22(25-14-20-6-5-11-26(20)12-13-28-3)27-15-17(2)29-21(16-27)18-7-9-19(23)10-8-18;/h7-10,17,20-21H,4-6,11-16H2,1-3H3,(H,24,25);1H. The Balaban J connectivity index is 0.00000320. The lowest BCUT2D eigenvalue weighted by atomic mass is 10.1. The van der Waals surface area contributed by atoms with Crippen LogP contribution in [0.15, 0.2) is 29.3 Å². The third kappa shape index (κ3) is 7.03. The Kier molecular flexibility index (Phi) is 10.8. The third-order valence-corrected chi connectivity index (χ3v) is 5.67. The van der Waals surface area contributed by atoms with Gasteiger partial charge in [0.05, 0.1) is 25.8 Å². The fourth-order valence-electron chi connectivity index (χ4n) is 4.21. The fraction of sp³-hybridized carbons (Fsp3) is 0.682. The molecule has 30 heavy (non-hydrogen) atoms. The molecule has 2 aliphatic rings. The van der Waals surface area contributed by atoms with Crippen LogP contribution in [-0.2, 0) is 9.47 Å². The van der Waals surface area contributed by atoms with Crippen LogP contribution in [0.2, 0.25) is 0 Å². The molecule has 0 aromatic heterocycles. The maximum atomic E-state index is 13.3. The first-order valence-electron chi connectivity index (χ1n) is 10.8. The van der Waals surface area contributed by atoms with Crippen molar-refractivity contribution in [3.05, 3.63) is 35.6 Å². The van der Waals surface area contributed by atoms with Gasteiger partial charge in [0.15, 0.2) is 5.96 Å². The minimum atomic E-state index is -0.223. The molecule has 1 aromatic rings. The van der Waals surface area contributed by atoms with Gasteiger partial charge in [0.25, 0.3) is 0 Å². The Morgan fingerprint density at radius 2 is 2.07 bits per heavy atom. The van der Waals surface area contributed by atoms with Gasteiger partial charge in [0, 0.05) is 32.8 Å². The number of ether oxygens (including phenoxy) is 2. The SMILES string of the molecule is CCNC(=NCC1CCCN1CCOC)N1CC(C)OC(c2ccc(F)cc2)C1.I. The zero-order valence-electron chi connectivity index (χ0n) is 18.3. The molecule has 0 radical (unpaired) electrons. The van der Waals surface area contributed by atoms with Crippen molar-refractivity contribution < 1.29 is 13.9 Å². The number of hydrogen-bond acceptors (Lipinski definition) is 4. The predicted octanol–water partition coefficient (Wildman–Crippen LogP) is 3.28. The van der Waals surface area contributed by atoms with Gasteiger partial charge in [-0.05, 0) is 50.9 Å². The average Bonchev–Trinajstić information content (AvgIpc) is 3.17. The molecule has 2 saturated heterocycles. The maximum absolute atomic E-state index is 13.3. The van der Waals surface area contributed by atoms with Crippen molar-refractivity contribution in [2.75, 3.05) is 53.0 Å². The van der Waals surface area contributed by atoms with Crippen molar-refractivity contribution in [1.29, 1.82) is 0 Å². The number of hydrogen-bond donors (Lipinski definition) is 1. The van der Waals surface area contributed by atoms with E-state index < -0.39 is 0 Å². The van der Waals surface area contributed by atoms with Crippen molar-refractivity contribution in [2.45, 2.75) is 44.9 Å². The van der Waals surface area contributed by atoms with Crippen LogP contribution < -0.4 is 5.32 Å². The van der Waals surface area contributed by atoms with Crippen molar-refractivity contribution in [2.24, 2.45) is 4.99 Å². The van der Waals surface area contributed by atoms with E-state index in [1.807, 2.05) is 12.1 Å². The summed E-state index contributed by atoms with van der Waals surface area (Å²) >= 11 is 0. The molecule has 0 bridgehead atoms. The van der Waals surface area contributed by atoms with Crippen LogP contribution in [0.1, 0.15) is 38.4 Å². The Morgan fingerprint density at radius 1 is 1.30 bits per heavy atom. The molecule has 3 unspecified atom stereocenters. The highest BCUT2D eigenvalue weighted by atomic mass is 127. The van der Waals surface area contributed by atoms with E-state index in [1.165, 1.54) is 25.0 Å². The lowest BCUT2D eigenvalue weighted by molar-refractivity contribution is -0.0605. The molecule has 3 atom stereocenters. The molecule has 170 valence electrons. The minimum absolute atomic E-state index is 0. The molecule has 0 aliphatic carbocycles. The van der Waals surface area contributed by atoms with Gasteiger partial charge in [-0.2, -0.15) is 0 Å². The van der Waals surface area contributed by atoms with E-state index in [1.54, 1.807) is 7.11 Å². The predicted molar refractivity (Wildman–Crippen MR) is 129 cm³/mol. The first-order valence-corrected chi connectivity index (χ1v) is 10.8. The molecule has 2 fully saturated rings. The number of methoxy groups -OCH3 is 1. The normalized spacial score (nSPS) is 25.3. The van der Waals surface area contributed by atoms with Gasteiger partial charge in [-0.3, -0.25) is 9.89 Å². The van der Waals surface area contributed by atoms with Crippen molar-refractivity contribution in [3.8, 4) is 0 Å². The number of nitrogens with one attached hydrogen (secondary N) is 1. The molecule has 1 aromatic carbocycles. The Hall–Kier alpha value is -0.970. The minimum Gasteiger partial charge on any atom is -0.383 e. The molecule has 0 amide bonds. The highest BCUT2D eigenvalue weighted by Gasteiger charge is 2.29. The summed E-state index contributed by atoms with van der Waals surface area (Å²) in [4.78, 5) is 9.75. The van der Waals surface area contributed by atoms with E-state index in [2.05, 4.69) is 29.0 Å². The van der Waals surface area contributed by atoms with Crippen LogP contribution in [-0.4, -0.2) is 80.9 Å². The smallest absolute Gasteiger partial charge is 0.194 e. The number of morpholine rings is 1. The van der Waals surface area contributed by atoms with E-state index in [0.29, 0.717) is 12.6 Å². The summed E-state index contributed by atoms with van der Waals surface area (Å²) < 4.78 is 24.7. The maximum Gasteiger partial charge on any atom is 0.194 e. The largest absolute Gasteiger partial charge is 0.383 e. The molecule has 3 rings (SSSR count). The van der Waals surface area contributed by atoms with Crippen molar-refractivity contribution >= 4 is 29.9 Å². The molecule has 0 spiro atoms. The Bertz CT molecular complexity index is 661. The second-order valence-electron chi connectivity index (χ2n) is 7.91. The molecule has 2 aliphatic heterocycles. The molecular weight excluding hydrogens is 498 g/mol. The number of halogens is 2. The number of nitrogens with zero attached hydrogens (tertiary/aromatic N) is 3. The van der Waals surface area contributed by atoms with E-state index in [-0.39, 0.29) is 42.0 Å². The van der Waals surface area contributed by atoms with Gasteiger partial charge >= 0.3 is 0 Å². The Labute approximate surface area is 197 Å². The van der Waals surface area contributed by atoms with E-state index in [0.717, 1.165) is 50.9 Å². The van der Waals surface area contributed by atoms with E-state index in [9.17, 15) is 4.39 Å². The summed E-state index contributed by atoms with van der Waals surface area (Å²) in [7, 11) is 1.75. The second kappa shape index (κ2) is 12.8. The highest BCUT2D eigenvalue weighted by Crippen LogP contribution is 2.26. The topological polar surface area (TPSA) is 49.3 Å². The van der Waals surface area contributed by atoms with Gasteiger partial charge < -0.3 is 19.7 Å². The van der Waals surface area contributed by atoms with Gasteiger partial charge in [-0.1, -0.05) is 12.1 Å².